The number of hydrogen-bond donors (Lipinski definition) is 1. The summed E-state index contributed by atoms with van der Waals surface area (Å²) >= 11 is 3.47. The second-order valence-electron chi connectivity index (χ2n) is 4.42. The summed E-state index contributed by atoms with van der Waals surface area (Å²) in [4.78, 5) is 5.78. The number of ether oxygens (including phenoxy) is 1. The Labute approximate surface area is 115 Å². The van der Waals surface area contributed by atoms with Gasteiger partial charge in [0, 0.05) is 37.0 Å². The van der Waals surface area contributed by atoms with Gasteiger partial charge in [-0.25, -0.2) is 4.98 Å². The molecule has 1 aliphatic carbocycles. The largest absolute Gasteiger partial charge is 0.384 e. The number of rotatable bonds is 7. The summed E-state index contributed by atoms with van der Waals surface area (Å²) in [7, 11) is 1.74. The van der Waals surface area contributed by atoms with Crippen LogP contribution in [-0.2, 0) is 11.3 Å². The predicted molar refractivity (Wildman–Crippen MR) is 75.5 cm³/mol. The SMILES string of the molecule is COCCSc1nc2sccn2c1CNC1CC1. The van der Waals surface area contributed by atoms with Crippen LogP contribution in [0.4, 0.5) is 0 Å². The first-order valence-corrected chi connectivity index (χ1v) is 8.04. The van der Waals surface area contributed by atoms with Gasteiger partial charge in [-0.15, -0.1) is 23.1 Å². The van der Waals surface area contributed by atoms with Gasteiger partial charge in [-0.1, -0.05) is 0 Å². The lowest BCUT2D eigenvalue weighted by Crippen LogP contribution is -2.17. The van der Waals surface area contributed by atoms with Crippen LogP contribution in [0.5, 0.6) is 0 Å². The molecule has 0 bridgehead atoms. The summed E-state index contributed by atoms with van der Waals surface area (Å²) in [6.45, 7) is 1.68. The van der Waals surface area contributed by atoms with Crippen molar-refractivity contribution in [3.63, 3.8) is 0 Å². The van der Waals surface area contributed by atoms with E-state index < -0.39 is 0 Å². The normalized spacial score (nSPS) is 15.6. The molecule has 2 heterocycles. The zero-order chi connectivity index (χ0) is 12.4. The third kappa shape index (κ3) is 2.71. The molecule has 0 radical (unpaired) electrons. The lowest BCUT2D eigenvalue weighted by atomic mass is 10.4. The van der Waals surface area contributed by atoms with E-state index in [-0.39, 0.29) is 0 Å². The van der Waals surface area contributed by atoms with Crippen LogP contribution in [0.2, 0.25) is 0 Å². The molecule has 0 saturated heterocycles. The van der Waals surface area contributed by atoms with Crippen LogP contribution in [-0.4, -0.2) is 34.9 Å². The van der Waals surface area contributed by atoms with Gasteiger partial charge in [-0.2, -0.15) is 0 Å². The van der Waals surface area contributed by atoms with Crippen molar-refractivity contribution in [3.8, 4) is 0 Å². The molecule has 3 rings (SSSR count). The van der Waals surface area contributed by atoms with Gasteiger partial charge in [0.1, 0.15) is 5.03 Å². The molecule has 2 aromatic rings. The number of nitrogens with zero attached hydrogens (tertiary/aromatic N) is 2. The number of imidazole rings is 1. The van der Waals surface area contributed by atoms with Crippen LogP contribution in [0, 0.1) is 0 Å². The molecular formula is C12H17N3OS2. The van der Waals surface area contributed by atoms with E-state index in [0.29, 0.717) is 0 Å². The van der Waals surface area contributed by atoms with Crippen molar-refractivity contribution in [1.82, 2.24) is 14.7 Å². The Hall–Kier alpha value is -0.560. The standard InChI is InChI=1S/C12H17N3OS2/c1-16-5-7-17-11-10(8-13-9-2-3-9)15-4-6-18-12(15)14-11/h4,6,9,13H,2-3,5,7-8H2,1H3. The minimum absolute atomic E-state index is 0.728. The van der Waals surface area contributed by atoms with E-state index >= 15 is 0 Å². The topological polar surface area (TPSA) is 38.6 Å². The van der Waals surface area contributed by atoms with Crippen molar-refractivity contribution in [2.75, 3.05) is 19.5 Å². The fourth-order valence-electron chi connectivity index (χ4n) is 1.84. The van der Waals surface area contributed by atoms with E-state index in [1.54, 1.807) is 30.2 Å². The molecule has 18 heavy (non-hydrogen) atoms. The Morgan fingerprint density at radius 3 is 3.28 bits per heavy atom. The van der Waals surface area contributed by atoms with Crippen LogP contribution in [0.1, 0.15) is 18.5 Å². The summed E-state index contributed by atoms with van der Waals surface area (Å²) in [6, 6.07) is 0.728. The maximum atomic E-state index is 5.10. The molecule has 1 fully saturated rings. The average molecular weight is 283 g/mol. The molecule has 1 aliphatic rings. The fourth-order valence-corrected chi connectivity index (χ4v) is 3.56. The Balaban J connectivity index is 1.76. The van der Waals surface area contributed by atoms with Crippen LogP contribution >= 0.6 is 23.1 Å². The third-order valence-electron chi connectivity index (χ3n) is 2.99. The van der Waals surface area contributed by atoms with Crippen LogP contribution in [0.15, 0.2) is 16.6 Å². The van der Waals surface area contributed by atoms with Crippen LogP contribution in [0.3, 0.4) is 0 Å². The monoisotopic (exact) mass is 283 g/mol. The van der Waals surface area contributed by atoms with Crippen molar-refractivity contribution >= 4 is 28.1 Å². The molecule has 0 aromatic carbocycles. The highest BCUT2D eigenvalue weighted by Gasteiger charge is 2.22. The molecule has 1 saturated carbocycles. The maximum absolute atomic E-state index is 5.10. The van der Waals surface area contributed by atoms with E-state index in [1.807, 2.05) is 0 Å². The Bertz CT molecular complexity index is 518. The highest BCUT2D eigenvalue weighted by atomic mass is 32.2. The summed E-state index contributed by atoms with van der Waals surface area (Å²) in [6.07, 6.45) is 4.74. The zero-order valence-corrected chi connectivity index (χ0v) is 12.0. The lowest BCUT2D eigenvalue weighted by molar-refractivity contribution is 0.218. The number of thiazole rings is 1. The van der Waals surface area contributed by atoms with Crippen LogP contribution in [0.25, 0.3) is 4.96 Å². The molecule has 0 spiro atoms. The molecule has 0 amide bonds. The average Bonchev–Trinajstić information content (AvgIpc) is 2.98. The highest BCUT2D eigenvalue weighted by Crippen LogP contribution is 2.27. The predicted octanol–water partition coefficient (Wildman–Crippen LogP) is 2.39. The van der Waals surface area contributed by atoms with Gasteiger partial charge in [0.05, 0.1) is 12.3 Å². The molecular weight excluding hydrogens is 266 g/mol. The van der Waals surface area contributed by atoms with Crippen molar-refractivity contribution in [1.29, 1.82) is 0 Å². The Morgan fingerprint density at radius 1 is 1.61 bits per heavy atom. The summed E-state index contributed by atoms with van der Waals surface area (Å²) in [5.74, 6) is 0.956. The lowest BCUT2D eigenvalue weighted by Gasteiger charge is -2.05. The molecule has 2 aromatic heterocycles. The fraction of sp³-hybridized carbons (Fsp3) is 0.583. The summed E-state index contributed by atoms with van der Waals surface area (Å²) in [5, 5.41) is 6.81. The molecule has 0 unspecified atom stereocenters. The van der Waals surface area contributed by atoms with Gasteiger partial charge in [0.2, 0.25) is 0 Å². The number of nitrogens with one attached hydrogen (secondary N) is 1. The van der Waals surface area contributed by atoms with Gasteiger partial charge >= 0.3 is 0 Å². The Kier molecular flexibility index (Phi) is 3.88. The van der Waals surface area contributed by atoms with Gasteiger partial charge in [0.15, 0.2) is 4.96 Å². The van der Waals surface area contributed by atoms with Gasteiger partial charge in [0.25, 0.3) is 0 Å². The van der Waals surface area contributed by atoms with Crippen LogP contribution < -0.4 is 5.32 Å². The molecule has 98 valence electrons. The zero-order valence-electron chi connectivity index (χ0n) is 10.4. The van der Waals surface area contributed by atoms with E-state index in [4.69, 9.17) is 9.72 Å². The Morgan fingerprint density at radius 2 is 2.50 bits per heavy atom. The smallest absolute Gasteiger partial charge is 0.194 e. The first-order valence-electron chi connectivity index (χ1n) is 6.18. The van der Waals surface area contributed by atoms with Crippen molar-refractivity contribution < 1.29 is 4.74 Å². The van der Waals surface area contributed by atoms with Gasteiger partial charge in [-0.3, -0.25) is 4.40 Å². The first-order chi connectivity index (χ1) is 8.88. The molecule has 1 N–H and O–H groups in total. The molecule has 0 aliphatic heterocycles. The number of methoxy groups -OCH3 is 1. The van der Waals surface area contributed by atoms with Gasteiger partial charge in [-0.05, 0) is 12.8 Å². The summed E-state index contributed by atoms with van der Waals surface area (Å²) in [5.41, 5.74) is 1.29. The van der Waals surface area contributed by atoms with Crippen molar-refractivity contribution in [2.45, 2.75) is 30.5 Å². The number of thioether (sulfide) groups is 1. The summed E-state index contributed by atoms with van der Waals surface area (Å²) < 4.78 is 7.30. The molecule has 6 heteroatoms. The van der Waals surface area contributed by atoms with Gasteiger partial charge < -0.3 is 10.1 Å². The second kappa shape index (κ2) is 5.61. The quantitative estimate of drug-likeness (QED) is 0.625. The third-order valence-corrected chi connectivity index (χ3v) is 4.71. The number of aromatic nitrogens is 2. The minimum Gasteiger partial charge on any atom is -0.384 e. The highest BCUT2D eigenvalue weighted by molar-refractivity contribution is 7.99. The minimum atomic E-state index is 0.728. The van der Waals surface area contributed by atoms with E-state index in [1.165, 1.54) is 18.5 Å². The molecule has 0 atom stereocenters. The van der Waals surface area contributed by atoms with E-state index in [9.17, 15) is 0 Å². The molecule has 4 nitrogen and oxygen atoms in total. The van der Waals surface area contributed by atoms with Crippen molar-refractivity contribution in [2.24, 2.45) is 0 Å². The number of fused-ring (bicyclic) bond motifs is 1. The number of hydrogen-bond acceptors (Lipinski definition) is 5. The van der Waals surface area contributed by atoms with Crippen molar-refractivity contribution in [3.05, 3.63) is 17.3 Å². The second-order valence-corrected chi connectivity index (χ2v) is 6.37. The van der Waals surface area contributed by atoms with E-state index in [0.717, 1.165) is 34.9 Å². The first kappa shape index (κ1) is 12.5. The van der Waals surface area contributed by atoms with E-state index in [2.05, 4.69) is 21.3 Å². The maximum Gasteiger partial charge on any atom is 0.194 e.